The molecule has 0 bridgehead atoms. The number of benzene rings is 2. The van der Waals surface area contributed by atoms with Gasteiger partial charge in [-0.3, -0.25) is 0 Å². The maximum atomic E-state index is 10.3. The van der Waals surface area contributed by atoms with Crippen LogP contribution in [-0.2, 0) is 12.0 Å². The minimum Gasteiger partial charge on any atom is -0.542 e. The molecule has 1 radical (unpaired) electrons. The highest BCUT2D eigenvalue weighted by atomic mass is 32.1. The fraction of sp³-hybridized carbons (Fsp3) is 0.423. The summed E-state index contributed by atoms with van der Waals surface area (Å²) in [5.74, 6) is 2.21. The molecule has 0 aliphatic heterocycles. The summed E-state index contributed by atoms with van der Waals surface area (Å²) in [6.45, 7) is 15.6. The summed E-state index contributed by atoms with van der Waals surface area (Å²) in [5, 5.41) is 13.2. The molecular formula is C26H34NO4SSi. The molecule has 0 atom stereocenters. The van der Waals surface area contributed by atoms with Crippen molar-refractivity contribution in [3.05, 3.63) is 46.8 Å². The predicted octanol–water partition coefficient (Wildman–Crippen LogP) is 6.69. The Hall–Kier alpha value is -2.35. The Morgan fingerprint density at radius 1 is 1.00 bits per heavy atom. The van der Waals surface area contributed by atoms with Crippen molar-refractivity contribution in [2.75, 3.05) is 13.2 Å². The molecule has 1 N–H and O–H groups in total. The first-order valence-electron chi connectivity index (χ1n) is 11.3. The van der Waals surface area contributed by atoms with Gasteiger partial charge < -0.3 is 19.0 Å². The van der Waals surface area contributed by atoms with Crippen LogP contribution < -0.4 is 13.9 Å². The number of hydrogen-bond donors (Lipinski definition) is 1. The van der Waals surface area contributed by atoms with Crippen LogP contribution in [0.1, 0.15) is 45.7 Å². The Morgan fingerprint density at radius 2 is 1.70 bits per heavy atom. The molecule has 0 saturated carbocycles. The lowest BCUT2D eigenvalue weighted by molar-refractivity contribution is 0.275. The van der Waals surface area contributed by atoms with Gasteiger partial charge in [-0.25, -0.2) is 4.98 Å². The smallest absolute Gasteiger partial charge is 0.274 e. The summed E-state index contributed by atoms with van der Waals surface area (Å²) in [5.41, 5.74) is 4.57. The van der Waals surface area contributed by atoms with E-state index in [2.05, 4.69) is 46.0 Å². The molecule has 0 unspecified atom stereocenters. The fourth-order valence-electron chi connectivity index (χ4n) is 3.72. The molecular weight excluding hydrogens is 450 g/mol. The average Bonchev–Trinajstić information content (AvgIpc) is 3.24. The van der Waals surface area contributed by atoms with Crippen LogP contribution in [0.15, 0.2) is 35.7 Å². The highest BCUT2D eigenvalue weighted by Gasteiger charge is 2.25. The number of aliphatic hydroxyl groups excluding tert-OH is 1. The van der Waals surface area contributed by atoms with Crippen LogP contribution in [0.3, 0.4) is 0 Å². The SMILES string of the molecule is CCOc1ccc(-c2nc(-c3ccc(C(C)(C)C)c(CO)c3O[Si](C)C)cs2)cc1OCC. The summed E-state index contributed by atoms with van der Waals surface area (Å²) in [7, 11) is -1.04. The Balaban J connectivity index is 2.08. The van der Waals surface area contributed by atoms with Crippen LogP contribution in [0, 0.1) is 0 Å². The van der Waals surface area contributed by atoms with Crippen molar-refractivity contribution in [1.82, 2.24) is 4.98 Å². The molecule has 0 amide bonds. The summed E-state index contributed by atoms with van der Waals surface area (Å²) in [6, 6.07) is 10.1. The van der Waals surface area contributed by atoms with Crippen molar-refractivity contribution in [2.45, 2.75) is 59.7 Å². The summed E-state index contributed by atoms with van der Waals surface area (Å²) < 4.78 is 17.8. The predicted molar refractivity (Wildman–Crippen MR) is 138 cm³/mol. The van der Waals surface area contributed by atoms with E-state index in [1.807, 2.05) is 37.4 Å². The third-order valence-corrected chi connectivity index (χ3v) is 6.61. The normalized spacial score (nSPS) is 11.7. The van der Waals surface area contributed by atoms with Gasteiger partial charge in [0.15, 0.2) is 11.5 Å². The van der Waals surface area contributed by atoms with Gasteiger partial charge in [0, 0.05) is 22.1 Å². The van der Waals surface area contributed by atoms with E-state index >= 15 is 0 Å². The second-order valence-electron chi connectivity index (χ2n) is 8.95. The number of rotatable bonds is 9. The number of hydrogen-bond acceptors (Lipinski definition) is 6. The molecule has 0 saturated heterocycles. The highest BCUT2D eigenvalue weighted by molar-refractivity contribution is 7.13. The van der Waals surface area contributed by atoms with Gasteiger partial charge in [-0.2, -0.15) is 0 Å². The third kappa shape index (κ3) is 5.77. The second kappa shape index (κ2) is 10.7. The monoisotopic (exact) mass is 484 g/mol. The molecule has 0 aliphatic rings. The van der Waals surface area contributed by atoms with Gasteiger partial charge in [0.05, 0.1) is 25.5 Å². The topological polar surface area (TPSA) is 60.8 Å². The number of aliphatic hydroxyl groups is 1. The zero-order chi connectivity index (χ0) is 24.2. The Kier molecular flexibility index (Phi) is 8.21. The zero-order valence-corrected chi connectivity index (χ0v) is 22.4. The summed E-state index contributed by atoms with van der Waals surface area (Å²) in [6.07, 6.45) is 0. The molecule has 1 aromatic heterocycles. The lowest BCUT2D eigenvalue weighted by Crippen LogP contribution is -2.19. The van der Waals surface area contributed by atoms with Crippen LogP contribution in [0.4, 0.5) is 0 Å². The lowest BCUT2D eigenvalue weighted by Gasteiger charge is -2.26. The van der Waals surface area contributed by atoms with E-state index in [-0.39, 0.29) is 12.0 Å². The standard InChI is InChI=1S/C26H34NO4SSi/c1-8-29-22-13-10-17(14-23(22)30-9-2)25-27-21(16-32-25)18-11-12-20(26(3,4)5)19(15-28)24(18)31-33(6)7/h10-14,16,28H,8-9,15H2,1-7H3. The van der Waals surface area contributed by atoms with Gasteiger partial charge in [0.1, 0.15) is 10.8 Å². The van der Waals surface area contributed by atoms with Gasteiger partial charge in [0.2, 0.25) is 0 Å². The molecule has 0 fully saturated rings. The van der Waals surface area contributed by atoms with Crippen molar-refractivity contribution in [3.63, 3.8) is 0 Å². The van der Waals surface area contributed by atoms with E-state index in [0.717, 1.165) is 50.2 Å². The van der Waals surface area contributed by atoms with Gasteiger partial charge in [-0.05, 0) is 62.2 Å². The fourth-order valence-corrected chi connectivity index (χ4v) is 5.18. The number of ether oxygens (including phenoxy) is 2. The minimum atomic E-state index is -1.04. The molecule has 0 aliphatic carbocycles. The zero-order valence-electron chi connectivity index (χ0n) is 20.6. The van der Waals surface area contributed by atoms with Gasteiger partial charge in [-0.15, -0.1) is 11.3 Å². The van der Waals surface area contributed by atoms with Crippen LogP contribution in [0.5, 0.6) is 17.2 Å². The van der Waals surface area contributed by atoms with E-state index in [1.165, 1.54) is 0 Å². The van der Waals surface area contributed by atoms with Crippen molar-refractivity contribution < 1.29 is 19.0 Å². The Morgan fingerprint density at radius 3 is 2.30 bits per heavy atom. The number of thiazole rings is 1. The number of aromatic nitrogens is 1. The van der Waals surface area contributed by atoms with Crippen LogP contribution >= 0.6 is 11.3 Å². The molecule has 2 aromatic carbocycles. The van der Waals surface area contributed by atoms with Crippen molar-refractivity contribution >= 4 is 20.4 Å². The first-order valence-corrected chi connectivity index (χ1v) is 14.6. The van der Waals surface area contributed by atoms with E-state index in [9.17, 15) is 5.11 Å². The summed E-state index contributed by atoms with van der Waals surface area (Å²) >= 11 is 1.58. The molecule has 7 heteroatoms. The third-order valence-electron chi connectivity index (χ3n) is 5.10. The molecule has 3 rings (SSSR count). The van der Waals surface area contributed by atoms with Crippen molar-refractivity contribution in [2.24, 2.45) is 0 Å². The largest absolute Gasteiger partial charge is 0.542 e. The maximum absolute atomic E-state index is 10.3. The van der Waals surface area contributed by atoms with E-state index < -0.39 is 9.04 Å². The van der Waals surface area contributed by atoms with E-state index in [1.54, 1.807) is 11.3 Å². The van der Waals surface area contributed by atoms with Crippen molar-refractivity contribution in [3.8, 4) is 39.1 Å². The first-order chi connectivity index (χ1) is 15.7. The van der Waals surface area contributed by atoms with Gasteiger partial charge in [0.25, 0.3) is 9.04 Å². The molecule has 5 nitrogen and oxygen atoms in total. The van der Waals surface area contributed by atoms with E-state index in [0.29, 0.717) is 13.2 Å². The quantitative estimate of drug-likeness (QED) is 0.343. The molecule has 177 valence electrons. The average molecular weight is 485 g/mol. The molecule has 0 spiro atoms. The van der Waals surface area contributed by atoms with Crippen LogP contribution in [-0.4, -0.2) is 32.3 Å². The molecule has 3 aromatic rings. The van der Waals surface area contributed by atoms with Crippen LogP contribution in [0.25, 0.3) is 21.8 Å². The lowest BCUT2D eigenvalue weighted by atomic mass is 9.82. The minimum absolute atomic E-state index is 0.0709. The highest BCUT2D eigenvalue weighted by Crippen LogP contribution is 2.42. The maximum Gasteiger partial charge on any atom is 0.274 e. The number of nitrogens with zero attached hydrogens (tertiary/aromatic N) is 1. The first kappa shape index (κ1) is 25.3. The van der Waals surface area contributed by atoms with Gasteiger partial charge >= 0.3 is 0 Å². The summed E-state index contributed by atoms with van der Waals surface area (Å²) in [4.78, 5) is 4.93. The molecule has 33 heavy (non-hydrogen) atoms. The Bertz CT molecular complexity index is 1090. The second-order valence-corrected chi connectivity index (χ2v) is 11.8. The van der Waals surface area contributed by atoms with Crippen LogP contribution in [0.2, 0.25) is 13.1 Å². The van der Waals surface area contributed by atoms with E-state index in [4.69, 9.17) is 18.9 Å². The molecule has 1 heterocycles. The Labute approximate surface area is 203 Å². The van der Waals surface area contributed by atoms with Crippen molar-refractivity contribution in [1.29, 1.82) is 0 Å². The van der Waals surface area contributed by atoms with Gasteiger partial charge in [-0.1, -0.05) is 26.8 Å².